The number of nitrogens with one attached hydrogen (secondary N) is 1. The lowest BCUT2D eigenvalue weighted by Crippen LogP contribution is -2.04. The van der Waals surface area contributed by atoms with Crippen LogP contribution in [0.3, 0.4) is 0 Å². The first-order valence-electron chi connectivity index (χ1n) is 8.60. The van der Waals surface area contributed by atoms with Crippen LogP contribution in [0.25, 0.3) is 27.9 Å². The summed E-state index contributed by atoms with van der Waals surface area (Å²) >= 11 is 7.62. The lowest BCUT2D eigenvalue weighted by Gasteiger charge is -2.03. The monoisotopic (exact) mass is 407 g/mol. The van der Waals surface area contributed by atoms with Gasteiger partial charge in [0.25, 0.3) is 5.91 Å². The Morgan fingerprint density at radius 2 is 2.00 bits per heavy atom. The molecule has 5 rings (SSSR count). The molecule has 2 N–H and O–H groups in total. The van der Waals surface area contributed by atoms with Gasteiger partial charge in [0.05, 0.1) is 17.0 Å². The zero-order valence-corrected chi connectivity index (χ0v) is 16.3. The number of halogens is 1. The van der Waals surface area contributed by atoms with Crippen molar-refractivity contribution in [3.8, 4) is 17.0 Å². The van der Waals surface area contributed by atoms with Gasteiger partial charge in [0.2, 0.25) is 0 Å². The molecular weight excluding hydrogens is 394 g/mol. The molecule has 7 heteroatoms. The second kappa shape index (κ2) is 6.22. The summed E-state index contributed by atoms with van der Waals surface area (Å²) in [5.74, 6) is -0.0894. The normalized spacial score (nSPS) is 14.6. The summed E-state index contributed by atoms with van der Waals surface area (Å²) in [5.41, 5.74) is 4.35. The molecule has 0 unspecified atom stereocenters. The number of hydrogen-bond acceptors (Lipinski definition) is 4. The van der Waals surface area contributed by atoms with Crippen LogP contribution in [0.5, 0.6) is 5.75 Å². The van der Waals surface area contributed by atoms with E-state index in [0.29, 0.717) is 21.8 Å². The van der Waals surface area contributed by atoms with Gasteiger partial charge in [-0.15, -0.1) is 11.3 Å². The summed E-state index contributed by atoms with van der Waals surface area (Å²) in [5, 5.41) is 13.4. The maximum Gasteiger partial charge on any atom is 0.256 e. The van der Waals surface area contributed by atoms with E-state index in [1.165, 1.54) is 0 Å². The molecule has 0 aliphatic carbocycles. The smallest absolute Gasteiger partial charge is 0.256 e. The Bertz CT molecular complexity index is 1290. The van der Waals surface area contributed by atoms with Crippen LogP contribution >= 0.6 is 22.9 Å². The fourth-order valence-electron chi connectivity index (χ4n) is 3.39. The number of aromatic hydroxyl groups is 1. The van der Waals surface area contributed by atoms with Crippen LogP contribution in [-0.2, 0) is 4.79 Å². The number of anilines is 1. The zero-order chi connectivity index (χ0) is 19.4. The molecule has 5 nitrogen and oxygen atoms in total. The first-order valence-corrected chi connectivity index (χ1v) is 9.80. The van der Waals surface area contributed by atoms with Crippen molar-refractivity contribution in [2.75, 3.05) is 5.32 Å². The summed E-state index contributed by atoms with van der Waals surface area (Å²) in [4.78, 5) is 19.4. The minimum Gasteiger partial charge on any atom is -0.508 e. The molecule has 0 atom stereocenters. The predicted octanol–water partition coefficient (Wildman–Crippen LogP) is 5.22. The highest BCUT2D eigenvalue weighted by atomic mass is 35.5. The Hall–Kier alpha value is -3.09. The highest BCUT2D eigenvalue weighted by Gasteiger charge is 2.26. The molecule has 0 saturated carbocycles. The van der Waals surface area contributed by atoms with Crippen molar-refractivity contribution >= 4 is 51.1 Å². The number of fused-ring (bicyclic) bond motifs is 2. The number of hydrogen-bond donors (Lipinski definition) is 2. The van der Waals surface area contributed by atoms with Crippen molar-refractivity contribution in [3.63, 3.8) is 0 Å². The number of phenolic OH excluding ortho intramolecular Hbond substituents is 1. The first kappa shape index (κ1) is 17.0. The predicted molar refractivity (Wildman–Crippen MR) is 113 cm³/mol. The van der Waals surface area contributed by atoms with E-state index in [1.807, 2.05) is 47.9 Å². The Morgan fingerprint density at radius 1 is 1.21 bits per heavy atom. The van der Waals surface area contributed by atoms with Gasteiger partial charge in [-0.25, -0.2) is 4.98 Å². The highest BCUT2D eigenvalue weighted by Crippen LogP contribution is 2.37. The molecule has 138 valence electrons. The summed E-state index contributed by atoms with van der Waals surface area (Å²) in [7, 11) is 0. The summed E-state index contributed by atoms with van der Waals surface area (Å²) in [6.07, 6.45) is 3.84. The third-order valence-corrected chi connectivity index (χ3v) is 5.81. The Morgan fingerprint density at radius 3 is 2.79 bits per heavy atom. The molecule has 0 saturated heterocycles. The van der Waals surface area contributed by atoms with Gasteiger partial charge in [-0.2, -0.15) is 0 Å². The van der Waals surface area contributed by atoms with E-state index in [9.17, 15) is 9.90 Å². The number of benzene rings is 2. The number of nitrogens with zero attached hydrogens (tertiary/aromatic N) is 2. The lowest BCUT2D eigenvalue weighted by molar-refractivity contribution is -0.110. The second-order valence-corrected chi connectivity index (χ2v) is 8.24. The van der Waals surface area contributed by atoms with Gasteiger partial charge in [-0.3, -0.25) is 9.20 Å². The average molecular weight is 408 g/mol. The van der Waals surface area contributed by atoms with Gasteiger partial charge in [0, 0.05) is 32.9 Å². The SMILES string of the molecule is Cc1cn2c(/C=C3/C(=O)Nc4ccc(O)cc43)c(-c3ccc(Cl)cc3)nc2s1. The van der Waals surface area contributed by atoms with Crippen LogP contribution in [0.1, 0.15) is 16.1 Å². The van der Waals surface area contributed by atoms with E-state index in [0.717, 1.165) is 26.8 Å². The standard InChI is InChI=1S/C21H14ClN3O2S/c1-11-10-25-18(9-16-15-8-14(26)6-7-17(15)23-20(16)27)19(24-21(25)28-11)12-2-4-13(22)5-3-12/h2-10,26H,1H3,(H,23,27)/b16-9+. The van der Waals surface area contributed by atoms with Crippen molar-refractivity contribution in [1.82, 2.24) is 9.38 Å². The van der Waals surface area contributed by atoms with Crippen molar-refractivity contribution in [2.24, 2.45) is 0 Å². The maximum absolute atomic E-state index is 12.6. The molecule has 3 heterocycles. The van der Waals surface area contributed by atoms with Crippen molar-refractivity contribution in [1.29, 1.82) is 0 Å². The first-order chi connectivity index (χ1) is 13.5. The Labute approximate surface area is 169 Å². The molecule has 2 aromatic heterocycles. The number of aromatic nitrogens is 2. The number of carbonyl (C=O) groups excluding carboxylic acids is 1. The zero-order valence-electron chi connectivity index (χ0n) is 14.7. The van der Waals surface area contributed by atoms with Crippen molar-refractivity contribution in [3.05, 3.63) is 69.8 Å². The summed E-state index contributed by atoms with van der Waals surface area (Å²) in [6.45, 7) is 2.02. The number of amides is 1. The van der Waals surface area contributed by atoms with Crippen LogP contribution in [0.15, 0.2) is 48.7 Å². The molecule has 2 aromatic carbocycles. The van der Waals surface area contributed by atoms with Crippen LogP contribution in [0.4, 0.5) is 5.69 Å². The Kier molecular flexibility index (Phi) is 3.79. The van der Waals surface area contributed by atoms with Gasteiger partial charge in [-0.05, 0) is 43.3 Å². The Balaban J connectivity index is 1.76. The molecule has 0 bridgehead atoms. The van der Waals surface area contributed by atoms with Crippen LogP contribution in [0.2, 0.25) is 5.02 Å². The average Bonchev–Trinajstić information content (AvgIpc) is 3.28. The lowest BCUT2D eigenvalue weighted by atomic mass is 10.0. The van der Waals surface area contributed by atoms with E-state index >= 15 is 0 Å². The quantitative estimate of drug-likeness (QED) is 0.353. The van der Waals surface area contributed by atoms with Gasteiger partial charge in [-0.1, -0.05) is 23.7 Å². The van der Waals surface area contributed by atoms with Gasteiger partial charge in [0.15, 0.2) is 4.96 Å². The van der Waals surface area contributed by atoms with Crippen LogP contribution < -0.4 is 5.32 Å². The third kappa shape index (κ3) is 2.69. The number of carbonyl (C=O) groups is 1. The molecule has 4 aromatic rings. The van der Waals surface area contributed by atoms with Gasteiger partial charge in [0.1, 0.15) is 5.75 Å². The molecule has 28 heavy (non-hydrogen) atoms. The molecule has 0 fully saturated rings. The number of rotatable bonds is 2. The van der Waals surface area contributed by atoms with E-state index in [1.54, 1.807) is 29.5 Å². The topological polar surface area (TPSA) is 66.6 Å². The molecule has 0 spiro atoms. The number of phenols is 1. The molecule has 0 radical (unpaired) electrons. The minimum atomic E-state index is -0.204. The summed E-state index contributed by atoms with van der Waals surface area (Å²) < 4.78 is 1.99. The van der Waals surface area contributed by atoms with Crippen LogP contribution in [0, 0.1) is 6.92 Å². The van der Waals surface area contributed by atoms with E-state index in [2.05, 4.69) is 5.32 Å². The largest absolute Gasteiger partial charge is 0.508 e. The number of aryl methyl sites for hydroxylation is 1. The third-order valence-electron chi connectivity index (χ3n) is 4.66. The fraction of sp³-hybridized carbons (Fsp3) is 0.0476. The number of thiazole rings is 1. The van der Waals surface area contributed by atoms with E-state index in [-0.39, 0.29) is 11.7 Å². The van der Waals surface area contributed by atoms with E-state index in [4.69, 9.17) is 16.6 Å². The van der Waals surface area contributed by atoms with Crippen molar-refractivity contribution < 1.29 is 9.90 Å². The van der Waals surface area contributed by atoms with E-state index < -0.39 is 0 Å². The molecule has 1 aliphatic rings. The summed E-state index contributed by atoms with van der Waals surface area (Å²) in [6, 6.07) is 12.3. The van der Waals surface area contributed by atoms with Crippen molar-refractivity contribution in [2.45, 2.75) is 6.92 Å². The molecular formula is C21H14ClN3O2S. The number of imidazole rings is 1. The second-order valence-electron chi connectivity index (χ2n) is 6.59. The van der Waals surface area contributed by atoms with Crippen LogP contribution in [-0.4, -0.2) is 20.4 Å². The molecule has 1 amide bonds. The van der Waals surface area contributed by atoms with Gasteiger partial charge < -0.3 is 10.4 Å². The minimum absolute atomic E-state index is 0.115. The fourth-order valence-corrected chi connectivity index (χ4v) is 4.35. The highest BCUT2D eigenvalue weighted by molar-refractivity contribution is 7.17. The maximum atomic E-state index is 12.6. The molecule has 1 aliphatic heterocycles. The van der Waals surface area contributed by atoms with Gasteiger partial charge >= 0.3 is 0 Å².